The minimum absolute atomic E-state index is 0.401. The van der Waals surface area contributed by atoms with Crippen molar-refractivity contribution >= 4 is 17.6 Å². The molecule has 1 aliphatic heterocycles. The van der Waals surface area contributed by atoms with Gasteiger partial charge in [0, 0.05) is 10.6 Å². The van der Waals surface area contributed by atoms with Crippen molar-refractivity contribution in [3.63, 3.8) is 0 Å². The second-order valence-electron chi connectivity index (χ2n) is 7.29. The number of ether oxygens (including phenoxy) is 1. The number of aliphatic carboxylic acids is 1. The molecule has 0 aromatic heterocycles. The first kappa shape index (κ1) is 22.4. The van der Waals surface area contributed by atoms with E-state index in [1.54, 1.807) is 18.2 Å². The van der Waals surface area contributed by atoms with Crippen LogP contribution in [0.15, 0.2) is 42.5 Å². The van der Waals surface area contributed by atoms with Gasteiger partial charge in [0.25, 0.3) is 0 Å². The Morgan fingerprint density at radius 2 is 1.83 bits per heavy atom. The van der Waals surface area contributed by atoms with Crippen LogP contribution in [0.5, 0.6) is 5.75 Å². The van der Waals surface area contributed by atoms with Crippen LogP contribution in [0, 0.1) is 5.92 Å². The molecule has 1 heterocycles. The fraction of sp³-hybridized carbons (Fsp3) is 0.409. The summed E-state index contributed by atoms with van der Waals surface area (Å²) in [6.45, 7) is 3.28. The summed E-state index contributed by atoms with van der Waals surface area (Å²) >= 11 is 6.24. The Bertz CT molecular complexity index is 878. The van der Waals surface area contributed by atoms with E-state index in [0.717, 1.165) is 17.7 Å². The normalized spacial score (nSPS) is 17.0. The van der Waals surface area contributed by atoms with E-state index >= 15 is 0 Å². The molecule has 30 heavy (non-hydrogen) atoms. The standard InChI is InChI=1S/C22H23ClF3NO3/c1-2-30-19-8-7-17(23)13-18(19)20(27-11-9-15(10-12-27)21(28)29)14-3-5-16(6-4-14)22(24,25)26/h3-8,13,15,20H,2,9-12H2,1H3,(H,28,29). The first-order valence-electron chi connectivity index (χ1n) is 9.77. The monoisotopic (exact) mass is 441 g/mol. The zero-order valence-electron chi connectivity index (χ0n) is 16.5. The van der Waals surface area contributed by atoms with E-state index in [1.807, 2.05) is 6.92 Å². The molecule has 1 aliphatic rings. The Morgan fingerprint density at radius 1 is 1.20 bits per heavy atom. The van der Waals surface area contributed by atoms with E-state index < -0.39 is 29.7 Å². The molecule has 0 saturated carbocycles. The van der Waals surface area contributed by atoms with E-state index in [9.17, 15) is 23.1 Å². The summed E-state index contributed by atoms with van der Waals surface area (Å²) in [5.74, 6) is -0.633. The van der Waals surface area contributed by atoms with Crippen LogP contribution in [-0.2, 0) is 11.0 Å². The Balaban J connectivity index is 2.02. The number of benzene rings is 2. The van der Waals surface area contributed by atoms with Crippen molar-refractivity contribution < 1.29 is 27.8 Å². The van der Waals surface area contributed by atoms with E-state index in [2.05, 4.69) is 4.90 Å². The molecule has 0 aliphatic carbocycles. The van der Waals surface area contributed by atoms with E-state index in [4.69, 9.17) is 16.3 Å². The van der Waals surface area contributed by atoms with Crippen molar-refractivity contribution in [2.75, 3.05) is 19.7 Å². The Labute approximate surface area is 178 Å². The number of carboxylic acids is 1. The quantitative estimate of drug-likeness (QED) is 0.630. The lowest BCUT2D eigenvalue weighted by Gasteiger charge is -2.37. The Hall–Kier alpha value is -2.25. The molecule has 2 aromatic rings. The average molecular weight is 442 g/mol. The van der Waals surface area contributed by atoms with Gasteiger partial charge < -0.3 is 9.84 Å². The summed E-state index contributed by atoms with van der Waals surface area (Å²) in [5, 5.41) is 9.78. The van der Waals surface area contributed by atoms with Gasteiger partial charge in [-0.15, -0.1) is 0 Å². The number of carbonyl (C=O) groups is 1. The number of carboxylic acid groups (broad SMARTS) is 1. The first-order chi connectivity index (χ1) is 14.2. The average Bonchev–Trinajstić information content (AvgIpc) is 2.70. The predicted molar refractivity (Wildman–Crippen MR) is 108 cm³/mol. The predicted octanol–water partition coefficient (Wildman–Crippen LogP) is 5.64. The molecule has 1 saturated heterocycles. The summed E-state index contributed by atoms with van der Waals surface area (Å²) in [6.07, 6.45) is -3.48. The fourth-order valence-electron chi connectivity index (χ4n) is 3.87. The second-order valence-corrected chi connectivity index (χ2v) is 7.72. The number of piperidine rings is 1. The summed E-state index contributed by atoms with van der Waals surface area (Å²) in [4.78, 5) is 13.4. The number of halogens is 4. The maximum Gasteiger partial charge on any atom is 0.416 e. The highest BCUT2D eigenvalue weighted by Gasteiger charge is 2.33. The summed E-state index contributed by atoms with van der Waals surface area (Å²) < 4.78 is 44.9. The zero-order chi connectivity index (χ0) is 21.9. The van der Waals surface area contributed by atoms with Gasteiger partial charge in [0.1, 0.15) is 5.75 Å². The first-order valence-corrected chi connectivity index (χ1v) is 10.1. The van der Waals surface area contributed by atoms with Gasteiger partial charge in [-0.2, -0.15) is 13.2 Å². The maximum absolute atomic E-state index is 13.0. The fourth-order valence-corrected chi connectivity index (χ4v) is 4.05. The molecule has 1 atom stereocenters. The van der Waals surface area contributed by atoms with Crippen molar-refractivity contribution in [2.45, 2.75) is 32.0 Å². The van der Waals surface area contributed by atoms with E-state index in [1.165, 1.54) is 12.1 Å². The largest absolute Gasteiger partial charge is 0.494 e. The van der Waals surface area contributed by atoms with Crippen LogP contribution in [-0.4, -0.2) is 35.7 Å². The minimum atomic E-state index is -4.42. The van der Waals surface area contributed by atoms with Gasteiger partial charge >= 0.3 is 12.1 Å². The van der Waals surface area contributed by atoms with Crippen LogP contribution in [0.4, 0.5) is 13.2 Å². The molecule has 2 aromatic carbocycles. The molecule has 0 spiro atoms. The number of rotatable bonds is 6. The number of nitrogens with zero attached hydrogens (tertiary/aromatic N) is 1. The van der Waals surface area contributed by atoms with Gasteiger partial charge in [0.15, 0.2) is 0 Å². The van der Waals surface area contributed by atoms with Crippen LogP contribution in [0.1, 0.15) is 42.5 Å². The highest BCUT2D eigenvalue weighted by molar-refractivity contribution is 6.30. The highest BCUT2D eigenvalue weighted by atomic mass is 35.5. The molecule has 0 radical (unpaired) electrons. The molecule has 0 bridgehead atoms. The molecule has 162 valence electrons. The van der Waals surface area contributed by atoms with Crippen LogP contribution >= 0.6 is 11.6 Å². The van der Waals surface area contributed by atoms with Crippen molar-refractivity contribution in [1.82, 2.24) is 4.90 Å². The van der Waals surface area contributed by atoms with Gasteiger partial charge in [-0.3, -0.25) is 9.69 Å². The molecule has 0 amide bonds. The van der Waals surface area contributed by atoms with Crippen molar-refractivity contribution in [3.05, 3.63) is 64.2 Å². The van der Waals surface area contributed by atoms with Crippen molar-refractivity contribution in [2.24, 2.45) is 5.92 Å². The van der Waals surface area contributed by atoms with E-state index in [-0.39, 0.29) is 0 Å². The third-order valence-corrected chi connectivity index (χ3v) is 5.60. The third kappa shape index (κ3) is 5.08. The number of hydrogen-bond acceptors (Lipinski definition) is 3. The maximum atomic E-state index is 13.0. The summed E-state index contributed by atoms with van der Waals surface area (Å²) in [5.41, 5.74) is 0.698. The Morgan fingerprint density at radius 3 is 2.37 bits per heavy atom. The topological polar surface area (TPSA) is 49.8 Å². The molecular weight excluding hydrogens is 419 g/mol. The van der Waals surface area contributed by atoms with Gasteiger partial charge in [0.05, 0.1) is 24.1 Å². The van der Waals surface area contributed by atoms with Gasteiger partial charge in [-0.1, -0.05) is 23.7 Å². The molecule has 8 heteroatoms. The molecule has 1 unspecified atom stereocenters. The number of alkyl halides is 3. The number of hydrogen-bond donors (Lipinski definition) is 1. The molecule has 4 nitrogen and oxygen atoms in total. The minimum Gasteiger partial charge on any atom is -0.494 e. The summed E-state index contributed by atoms with van der Waals surface area (Å²) in [6, 6.07) is 9.88. The highest BCUT2D eigenvalue weighted by Crippen LogP contribution is 2.39. The lowest BCUT2D eigenvalue weighted by molar-refractivity contribution is -0.143. The van der Waals surface area contributed by atoms with Crippen LogP contribution in [0.2, 0.25) is 5.02 Å². The van der Waals surface area contributed by atoms with Crippen LogP contribution in [0.25, 0.3) is 0 Å². The second kappa shape index (κ2) is 9.27. The molecule has 1 fully saturated rings. The zero-order valence-corrected chi connectivity index (χ0v) is 17.2. The van der Waals surface area contributed by atoms with E-state index in [0.29, 0.717) is 48.9 Å². The SMILES string of the molecule is CCOc1ccc(Cl)cc1C(c1ccc(C(F)(F)F)cc1)N1CCC(C(=O)O)CC1. The smallest absolute Gasteiger partial charge is 0.416 e. The molecule has 1 N–H and O–H groups in total. The lowest BCUT2D eigenvalue weighted by Crippen LogP contribution is -2.39. The van der Waals surface area contributed by atoms with Crippen LogP contribution in [0.3, 0.4) is 0 Å². The summed E-state index contributed by atoms with van der Waals surface area (Å²) in [7, 11) is 0. The Kier molecular flexibility index (Phi) is 6.93. The van der Waals surface area contributed by atoms with Crippen molar-refractivity contribution in [3.8, 4) is 5.75 Å². The lowest BCUT2D eigenvalue weighted by atomic mass is 9.90. The van der Waals surface area contributed by atoms with Gasteiger partial charge in [-0.05, 0) is 68.8 Å². The van der Waals surface area contributed by atoms with Crippen molar-refractivity contribution in [1.29, 1.82) is 0 Å². The molecular formula is C22H23ClF3NO3. The van der Waals surface area contributed by atoms with Gasteiger partial charge in [-0.25, -0.2) is 0 Å². The number of likely N-dealkylation sites (tertiary alicyclic amines) is 1. The van der Waals surface area contributed by atoms with Gasteiger partial charge in [0.2, 0.25) is 0 Å². The van der Waals surface area contributed by atoms with Crippen LogP contribution < -0.4 is 4.74 Å². The molecule has 3 rings (SSSR count). The third-order valence-electron chi connectivity index (χ3n) is 5.36.